The van der Waals surface area contributed by atoms with Crippen LogP contribution in [0.1, 0.15) is 62.7 Å². The fourth-order valence-electron chi connectivity index (χ4n) is 2.62. The van der Waals surface area contributed by atoms with Gasteiger partial charge in [0.05, 0.1) is 17.8 Å². The van der Waals surface area contributed by atoms with E-state index in [-0.39, 0.29) is 17.8 Å². The first kappa shape index (κ1) is 15.7. The molecule has 0 amide bonds. The van der Waals surface area contributed by atoms with Gasteiger partial charge in [0.1, 0.15) is 0 Å². The van der Waals surface area contributed by atoms with E-state index >= 15 is 0 Å². The van der Waals surface area contributed by atoms with Crippen LogP contribution in [-0.2, 0) is 0 Å². The molecule has 116 valence electrons. The van der Waals surface area contributed by atoms with Gasteiger partial charge in [0, 0.05) is 0 Å². The second-order valence-corrected chi connectivity index (χ2v) is 5.86. The molecule has 0 radical (unpaired) electrons. The van der Waals surface area contributed by atoms with E-state index < -0.39 is 5.97 Å². The van der Waals surface area contributed by atoms with Crippen molar-refractivity contribution in [1.29, 1.82) is 0 Å². The number of benzene rings is 1. The van der Waals surface area contributed by atoms with Gasteiger partial charge in [0.2, 0.25) is 0 Å². The Morgan fingerprint density at radius 1 is 1.14 bits per heavy atom. The minimum atomic E-state index is -0.947. The Bertz CT molecular complexity index is 474. The number of hydrogen-bond acceptors (Lipinski definition) is 3. The highest BCUT2D eigenvalue weighted by Gasteiger charge is 2.18. The first-order valence-corrected chi connectivity index (χ1v) is 7.77. The van der Waals surface area contributed by atoms with Gasteiger partial charge >= 0.3 is 5.97 Å². The molecular weight excluding hydrogens is 268 g/mol. The van der Waals surface area contributed by atoms with Gasteiger partial charge in [-0.3, -0.25) is 0 Å². The van der Waals surface area contributed by atoms with Crippen molar-refractivity contribution >= 4 is 5.97 Å². The number of aromatic carboxylic acids is 1. The molecule has 0 saturated heterocycles. The maximum Gasteiger partial charge on any atom is 0.335 e. The van der Waals surface area contributed by atoms with Crippen molar-refractivity contribution in [3.05, 3.63) is 23.8 Å². The Labute approximate surface area is 126 Å². The highest BCUT2D eigenvalue weighted by molar-refractivity contribution is 5.88. The number of rotatable bonds is 5. The molecule has 4 nitrogen and oxygen atoms in total. The minimum Gasteiger partial charge on any atom is -0.487 e. The smallest absolute Gasteiger partial charge is 0.335 e. The summed E-state index contributed by atoms with van der Waals surface area (Å²) < 4.78 is 11.8. The van der Waals surface area contributed by atoms with Crippen molar-refractivity contribution in [2.45, 2.75) is 64.6 Å². The molecule has 0 bridgehead atoms. The summed E-state index contributed by atoms with van der Waals surface area (Å²) in [5.41, 5.74) is 0.231. The van der Waals surface area contributed by atoms with Crippen molar-refractivity contribution in [3.63, 3.8) is 0 Å². The largest absolute Gasteiger partial charge is 0.487 e. The van der Waals surface area contributed by atoms with Crippen LogP contribution in [0.5, 0.6) is 11.5 Å². The molecule has 1 N–H and O–H groups in total. The zero-order valence-corrected chi connectivity index (χ0v) is 12.8. The van der Waals surface area contributed by atoms with Gasteiger partial charge in [-0.15, -0.1) is 0 Å². The third kappa shape index (κ3) is 4.66. The fraction of sp³-hybridized carbons (Fsp3) is 0.588. The Hall–Kier alpha value is -1.71. The third-order valence-electron chi connectivity index (χ3n) is 3.65. The Balaban J connectivity index is 2.19. The minimum absolute atomic E-state index is 0.0251. The standard InChI is InChI=1S/C17H24O4/c1-12(2)20-15-10-9-13(17(18)19)11-16(15)21-14-7-5-3-4-6-8-14/h9-12,14H,3-8H2,1-2H3,(H,18,19). The van der Waals surface area contributed by atoms with Crippen LogP contribution in [0.25, 0.3) is 0 Å². The Morgan fingerprint density at radius 2 is 1.81 bits per heavy atom. The van der Waals surface area contributed by atoms with Crippen LogP contribution >= 0.6 is 0 Å². The molecule has 0 aromatic heterocycles. The lowest BCUT2D eigenvalue weighted by Gasteiger charge is -2.21. The van der Waals surface area contributed by atoms with E-state index in [4.69, 9.17) is 14.6 Å². The molecule has 1 aromatic rings. The molecule has 1 aliphatic rings. The van der Waals surface area contributed by atoms with Crippen LogP contribution in [0.15, 0.2) is 18.2 Å². The fourth-order valence-corrected chi connectivity index (χ4v) is 2.62. The SMILES string of the molecule is CC(C)Oc1ccc(C(=O)O)cc1OC1CCCCCC1. The molecule has 0 spiro atoms. The lowest BCUT2D eigenvalue weighted by atomic mass is 10.1. The summed E-state index contributed by atoms with van der Waals surface area (Å²) in [6.07, 6.45) is 7.09. The monoisotopic (exact) mass is 292 g/mol. The molecule has 1 saturated carbocycles. The van der Waals surface area contributed by atoms with E-state index in [0.717, 1.165) is 12.8 Å². The number of carboxylic acids is 1. The van der Waals surface area contributed by atoms with Crippen LogP contribution in [0.3, 0.4) is 0 Å². The molecule has 2 rings (SSSR count). The predicted molar refractivity (Wildman–Crippen MR) is 81.3 cm³/mol. The van der Waals surface area contributed by atoms with Crippen molar-refractivity contribution in [2.24, 2.45) is 0 Å². The van der Waals surface area contributed by atoms with E-state index in [9.17, 15) is 4.79 Å². The average molecular weight is 292 g/mol. The molecule has 0 unspecified atom stereocenters. The topological polar surface area (TPSA) is 55.8 Å². The predicted octanol–water partition coefficient (Wildman–Crippen LogP) is 4.27. The van der Waals surface area contributed by atoms with E-state index in [1.807, 2.05) is 13.8 Å². The lowest BCUT2D eigenvalue weighted by molar-refractivity contribution is 0.0695. The van der Waals surface area contributed by atoms with Crippen LogP contribution in [0.2, 0.25) is 0 Å². The van der Waals surface area contributed by atoms with Crippen molar-refractivity contribution in [2.75, 3.05) is 0 Å². The van der Waals surface area contributed by atoms with Gasteiger partial charge in [-0.2, -0.15) is 0 Å². The van der Waals surface area contributed by atoms with E-state index in [2.05, 4.69) is 0 Å². The molecule has 1 aromatic carbocycles. The molecule has 1 fully saturated rings. The molecule has 1 aliphatic carbocycles. The van der Waals surface area contributed by atoms with Crippen LogP contribution in [0, 0.1) is 0 Å². The molecule has 0 aliphatic heterocycles. The molecule has 21 heavy (non-hydrogen) atoms. The number of carboxylic acid groups (broad SMARTS) is 1. The van der Waals surface area contributed by atoms with E-state index in [1.54, 1.807) is 18.2 Å². The van der Waals surface area contributed by atoms with Gasteiger partial charge in [0.15, 0.2) is 11.5 Å². The molecule has 4 heteroatoms. The summed E-state index contributed by atoms with van der Waals surface area (Å²) in [4.78, 5) is 11.1. The zero-order valence-electron chi connectivity index (χ0n) is 12.8. The van der Waals surface area contributed by atoms with Gasteiger partial charge in [-0.25, -0.2) is 4.79 Å². The number of hydrogen-bond donors (Lipinski definition) is 1. The van der Waals surface area contributed by atoms with Gasteiger partial charge in [-0.05, 0) is 57.7 Å². The molecule has 0 heterocycles. The van der Waals surface area contributed by atoms with Gasteiger partial charge < -0.3 is 14.6 Å². The van der Waals surface area contributed by atoms with Crippen LogP contribution in [-0.4, -0.2) is 23.3 Å². The van der Waals surface area contributed by atoms with Crippen LogP contribution < -0.4 is 9.47 Å². The number of carbonyl (C=O) groups is 1. The first-order valence-electron chi connectivity index (χ1n) is 7.77. The summed E-state index contributed by atoms with van der Waals surface area (Å²) in [7, 11) is 0. The Morgan fingerprint density at radius 3 is 2.38 bits per heavy atom. The van der Waals surface area contributed by atoms with Gasteiger partial charge in [-0.1, -0.05) is 12.8 Å². The quantitative estimate of drug-likeness (QED) is 0.823. The average Bonchev–Trinajstić information content (AvgIpc) is 2.68. The number of ether oxygens (including phenoxy) is 2. The maximum absolute atomic E-state index is 11.1. The first-order chi connectivity index (χ1) is 10.1. The second-order valence-electron chi connectivity index (χ2n) is 5.86. The van der Waals surface area contributed by atoms with Crippen LogP contribution in [0.4, 0.5) is 0 Å². The lowest BCUT2D eigenvalue weighted by Crippen LogP contribution is -2.17. The van der Waals surface area contributed by atoms with E-state index in [0.29, 0.717) is 11.5 Å². The normalized spacial score (nSPS) is 16.5. The molecular formula is C17H24O4. The Kier molecular flexibility index (Phi) is 5.48. The second kappa shape index (κ2) is 7.34. The summed E-state index contributed by atoms with van der Waals surface area (Å²) in [6.45, 7) is 3.89. The van der Waals surface area contributed by atoms with Crippen molar-refractivity contribution in [1.82, 2.24) is 0 Å². The summed E-state index contributed by atoms with van der Waals surface area (Å²) in [5.74, 6) is 0.228. The van der Waals surface area contributed by atoms with E-state index in [1.165, 1.54) is 25.7 Å². The summed E-state index contributed by atoms with van der Waals surface area (Å²) in [5, 5.41) is 9.14. The molecule has 0 atom stereocenters. The van der Waals surface area contributed by atoms with Crippen molar-refractivity contribution < 1.29 is 19.4 Å². The van der Waals surface area contributed by atoms with Gasteiger partial charge in [0.25, 0.3) is 0 Å². The zero-order chi connectivity index (χ0) is 15.2. The maximum atomic E-state index is 11.1. The third-order valence-corrected chi connectivity index (χ3v) is 3.65. The highest BCUT2D eigenvalue weighted by atomic mass is 16.5. The van der Waals surface area contributed by atoms with Crippen molar-refractivity contribution in [3.8, 4) is 11.5 Å². The highest BCUT2D eigenvalue weighted by Crippen LogP contribution is 2.32. The summed E-state index contributed by atoms with van der Waals surface area (Å²) >= 11 is 0. The summed E-state index contributed by atoms with van der Waals surface area (Å²) in [6, 6.07) is 4.82.